The SMILES string of the molecule is CCOC(=O)[C@@H]1C[C@@H](CCCc2ccccc2)C(OC)N1C(=O)OC(C)(C)C. The standard InChI is InChI=1S/C22H33NO5/c1-6-27-20(24)18-15-17(14-10-13-16-11-8-7-9-12-16)19(26-5)23(18)21(25)28-22(2,3)4/h7-9,11-12,17-19H,6,10,13-15H2,1-5H3/t17-,18+,19?/m1/s1. The lowest BCUT2D eigenvalue weighted by atomic mass is 9.96. The molecule has 1 amide bonds. The molecule has 0 aliphatic carbocycles. The molecule has 1 aromatic rings. The maximum atomic E-state index is 12.8. The molecule has 3 atom stereocenters. The van der Waals surface area contributed by atoms with Gasteiger partial charge >= 0.3 is 12.1 Å². The Hall–Kier alpha value is -2.08. The maximum absolute atomic E-state index is 12.8. The van der Waals surface area contributed by atoms with Gasteiger partial charge < -0.3 is 14.2 Å². The maximum Gasteiger partial charge on any atom is 0.413 e. The molecule has 1 aliphatic heterocycles. The summed E-state index contributed by atoms with van der Waals surface area (Å²) >= 11 is 0. The number of methoxy groups -OCH3 is 1. The van der Waals surface area contributed by atoms with Crippen LogP contribution in [0.2, 0.25) is 0 Å². The first-order valence-corrected chi connectivity index (χ1v) is 10.0. The van der Waals surface area contributed by atoms with Gasteiger partial charge in [0.25, 0.3) is 0 Å². The molecule has 1 heterocycles. The first-order valence-electron chi connectivity index (χ1n) is 10.0. The van der Waals surface area contributed by atoms with E-state index >= 15 is 0 Å². The monoisotopic (exact) mass is 391 g/mol. The van der Waals surface area contributed by atoms with E-state index in [1.54, 1.807) is 34.8 Å². The summed E-state index contributed by atoms with van der Waals surface area (Å²) in [4.78, 5) is 26.7. The summed E-state index contributed by atoms with van der Waals surface area (Å²) in [6.45, 7) is 7.45. The lowest BCUT2D eigenvalue weighted by Crippen LogP contribution is -2.49. The minimum atomic E-state index is -0.679. The highest BCUT2D eigenvalue weighted by atomic mass is 16.6. The molecule has 1 saturated heterocycles. The topological polar surface area (TPSA) is 65.1 Å². The van der Waals surface area contributed by atoms with Crippen molar-refractivity contribution >= 4 is 12.1 Å². The van der Waals surface area contributed by atoms with Crippen LogP contribution >= 0.6 is 0 Å². The second-order valence-corrected chi connectivity index (χ2v) is 8.16. The van der Waals surface area contributed by atoms with Crippen LogP contribution in [0.4, 0.5) is 4.79 Å². The van der Waals surface area contributed by atoms with Crippen molar-refractivity contribution in [2.45, 2.75) is 71.2 Å². The second kappa shape index (κ2) is 9.92. The average molecular weight is 392 g/mol. The Labute approximate surface area is 168 Å². The predicted octanol–water partition coefficient (Wildman–Crippen LogP) is 4.17. The van der Waals surface area contributed by atoms with Crippen LogP contribution in [0.3, 0.4) is 0 Å². The van der Waals surface area contributed by atoms with Gasteiger partial charge in [0.05, 0.1) is 6.61 Å². The number of rotatable bonds is 7. The Bertz CT molecular complexity index is 640. The zero-order chi connectivity index (χ0) is 20.7. The molecule has 0 aromatic heterocycles. The third-order valence-corrected chi connectivity index (χ3v) is 4.83. The Balaban J connectivity index is 2.10. The number of benzene rings is 1. The van der Waals surface area contributed by atoms with Crippen LogP contribution in [0.1, 0.15) is 52.5 Å². The predicted molar refractivity (Wildman–Crippen MR) is 107 cm³/mol. The fourth-order valence-corrected chi connectivity index (χ4v) is 3.69. The highest BCUT2D eigenvalue weighted by Crippen LogP contribution is 2.35. The van der Waals surface area contributed by atoms with Crippen LogP contribution in [0.5, 0.6) is 0 Å². The number of carbonyl (C=O) groups is 2. The van der Waals surface area contributed by atoms with Crippen molar-refractivity contribution in [3.63, 3.8) is 0 Å². The quantitative estimate of drug-likeness (QED) is 0.653. The average Bonchev–Trinajstić information content (AvgIpc) is 3.00. The number of amides is 1. The van der Waals surface area contributed by atoms with Crippen molar-refractivity contribution in [3.05, 3.63) is 35.9 Å². The molecule has 0 N–H and O–H groups in total. The van der Waals surface area contributed by atoms with Gasteiger partial charge in [0.2, 0.25) is 0 Å². The smallest absolute Gasteiger partial charge is 0.413 e. The van der Waals surface area contributed by atoms with Gasteiger partial charge in [0, 0.05) is 13.0 Å². The van der Waals surface area contributed by atoms with Gasteiger partial charge in [-0.25, -0.2) is 9.59 Å². The van der Waals surface area contributed by atoms with Gasteiger partial charge in [0.15, 0.2) is 0 Å². The third-order valence-electron chi connectivity index (χ3n) is 4.83. The number of aryl methyl sites for hydroxylation is 1. The molecule has 28 heavy (non-hydrogen) atoms. The molecule has 6 heteroatoms. The summed E-state index contributed by atoms with van der Waals surface area (Å²) in [6, 6.07) is 9.60. The van der Waals surface area contributed by atoms with Crippen LogP contribution in [0.25, 0.3) is 0 Å². The van der Waals surface area contributed by atoms with Crippen LogP contribution in [-0.4, -0.2) is 48.5 Å². The van der Waals surface area contributed by atoms with E-state index in [1.165, 1.54) is 10.5 Å². The van der Waals surface area contributed by atoms with Crippen LogP contribution in [-0.2, 0) is 25.4 Å². The fourth-order valence-electron chi connectivity index (χ4n) is 3.69. The van der Waals surface area contributed by atoms with E-state index in [2.05, 4.69) is 12.1 Å². The van der Waals surface area contributed by atoms with Crippen LogP contribution in [0, 0.1) is 5.92 Å². The number of ether oxygens (including phenoxy) is 3. The van der Waals surface area contributed by atoms with Crippen molar-refractivity contribution in [2.75, 3.05) is 13.7 Å². The van der Waals surface area contributed by atoms with Gasteiger partial charge in [-0.15, -0.1) is 0 Å². The first-order chi connectivity index (χ1) is 13.3. The van der Waals surface area contributed by atoms with E-state index in [0.717, 1.165) is 19.3 Å². The number of carbonyl (C=O) groups excluding carboxylic acids is 2. The van der Waals surface area contributed by atoms with Crippen molar-refractivity contribution in [1.82, 2.24) is 4.90 Å². The summed E-state index contributed by atoms with van der Waals surface area (Å²) < 4.78 is 16.4. The summed E-state index contributed by atoms with van der Waals surface area (Å²) in [6.07, 6.45) is 2.23. The first kappa shape index (κ1) is 22.2. The summed E-state index contributed by atoms with van der Waals surface area (Å²) in [5.74, 6) is -0.350. The van der Waals surface area contributed by atoms with E-state index in [-0.39, 0.29) is 12.5 Å². The number of hydrogen-bond donors (Lipinski definition) is 0. The number of nitrogens with zero attached hydrogens (tertiary/aromatic N) is 1. The number of hydrogen-bond acceptors (Lipinski definition) is 5. The number of likely N-dealkylation sites (tertiary alicyclic amines) is 1. The zero-order valence-corrected chi connectivity index (χ0v) is 17.6. The molecule has 1 aliphatic rings. The number of esters is 1. The highest BCUT2D eigenvalue weighted by Gasteiger charge is 2.49. The van der Waals surface area contributed by atoms with E-state index in [0.29, 0.717) is 6.42 Å². The summed E-state index contributed by atoms with van der Waals surface area (Å²) in [7, 11) is 1.57. The lowest BCUT2D eigenvalue weighted by Gasteiger charge is -2.31. The normalized spacial score (nSPS) is 22.2. The molecule has 0 bridgehead atoms. The van der Waals surface area contributed by atoms with E-state index in [4.69, 9.17) is 14.2 Å². The fraction of sp³-hybridized carbons (Fsp3) is 0.636. The van der Waals surface area contributed by atoms with Gasteiger partial charge in [0.1, 0.15) is 17.9 Å². The van der Waals surface area contributed by atoms with E-state index < -0.39 is 29.9 Å². The molecular formula is C22H33NO5. The molecular weight excluding hydrogens is 358 g/mol. The molecule has 1 fully saturated rings. The molecule has 2 rings (SSSR count). The zero-order valence-electron chi connectivity index (χ0n) is 17.6. The van der Waals surface area contributed by atoms with Gasteiger partial charge in [-0.05, 0) is 58.9 Å². The van der Waals surface area contributed by atoms with E-state index in [9.17, 15) is 9.59 Å². The van der Waals surface area contributed by atoms with Crippen molar-refractivity contribution in [2.24, 2.45) is 5.92 Å². The van der Waals surface area contributed by atoms with Gasteiger partial charge in [-0.2, -0.15) is 0 Å². The lowest BCUT2D eigenvalue weighted by molar-refractivity contribution is -0.151. The molecule has 1 unspecified atom stereocenters. The minimum Gasteiger partial charge on any atom is -0.464 e. The minimum absolute atomic E-state index is 0.0515. The Morgan fingerprint density at radius 1 is 1.18 bits per heavy atom. The summed E-state index contributed by atoms with van der Waals surface area (Å²) in [5, 5.41) is 0. The van der Waals surface area contributed by atoms with Crippen molar-refractivity contribution in [3.8, 4) is 0 Å². The van der Waals surface area contributed by atoms with E-state index in [1.807, 2.05) is 18.2 Å². The molecule has 0 radical (unpaired) electrons. The molecule has 0 spiro atoms. The molecule has 156 valence electrons. The highest BCUT2D eigenvalue weighted by molar-refractivity contribution is 5.82. The molecule has 0 saturated carbocycles. The largest absolute Gasteiger partial charge is 0.464 e. The van der Waals surface area contributed by atoms with Crippen LogP contribution in [0.15, 0.2) is 30.3 Å². The molecule has 1 aromatic carbocycles. The second-order valence-electron chi connectivity index (χ2n) is 8.16. The van der Waals surface area contributed by atoms with Crippen molar-refractivity contribution in [1.29, 1.82) is 0 Å². The molecule has 6 nitrogen and oxygen atoms in total. The Kier molecular flexibility index (Phi) is 7.87. The van der Waals surface area contributed by atoms with Gasteiger partial charge in [-0.1, -0.05) is 30.3 Å². The van der Waals surface area contributed by atoms with Gasteiger partial charge in [-0.3, -0.25) is 4.90 Å². The Morgan fingerprint density at radius 2 is 1.86 bits per heavy atom. The summed E-state index contributed by atoms with van der Waals surface area (Å²) in [5.41, 5.74) is 0.625. The Morgan fingerprint density at radius 3 is 2.43 bits per heavy atom. The van der Waals surface area contributed by atoms with Crippen LogP contribution < -0.4 is 0 Å². The van der Waals surface area contributed by atoms with Crippen molar-refractivity contribution < 1.29 is 23.8 Å². The third kappa shape index (κ3) is 5.96.